The summed E-state index contributed by atoms with van der Waals surface area (Å²) >= 11 is 0. The van der Waals surface area contributed by atoms with Gasteiger partial charge in [-0.2, -0.15) is 0 Å². The maximum atomic E-state index is 5.83. The van der Waals surface area contributed by atoms with Gasteiger partial charge in [0.25, 0.3) is 0 Å². The van der Waals surface area contributed by atoms with Gasteiger partial charge < -0.3 is 14.6 Å². The number of methoxy groups -OCH3 is 1. The third-order valence-corrected chi connectivity index (χ3v) is 5.76. The van der Waals surface area contributed by atoms with E-state index >= 15 is 0 Å². The number of ether oxygens (including phenoxy) is 1. The molecule has 0 radical (unpaired) electrons. The molecule has 2 aromatic heterocycles. The highest BCUT2D eigenvalue weighted by molar-refractivity contribution is 5.84. The van der Waals surface area contributed by atoms with Crippen LogP contribution in [0.15, 0.2) is 51.6 Å². The zero-order valence-electron chi connectivity index (χ0n) is 16.2. The molecule has 1 N–H and O–H groups in total. The molecule has 2 atom stereocenters. The Labute approximate surface area is 163 Å². The number of hydrogen-bond donors (Lipinski definition) is 1. The molecule has 0 amide bonds. The van der Waals surface area contributed by atoms with Gasteiger partial charge in [0.2, 0.25) is 0 Å². The van der Waals surface area contributed by atoms with Gasteiger partial charge in [-0.05, 0) is 32.4 Å². The van der Waals surface area contributed by atoms with Crippen LogP contribution < -0.4 is 5.32 Å². The summed E-state index contributed by atoms with van der Waals surface area (Å²) in [4.78, 5) is 9.07. The largest absolute Gasteiger partial charge is 0.500 e. The molecular formula is C22H22N4O2. The molecule has 0 spiro atoms. The summed E-state index contributed by atoms with van der Waals surface area (Å²) in [5.41, 5.74) is 7.59. The van der Waals surface area contributed by atoms with Crippen molar-refractivity contribution < 1.29 is 9.26 Å². The van der Waals surface area contributed by atoms with E-state index < -0.39 is 0 Å². The van der Waals surface area contributed by atoms with Crippen molar-refractivity contribution >= 4 is 17.5 Å². The minimum absolute atomic E-state index is 0.206. The SMILES string of the molecule is COC1=C(c2c(C)noc2C)C=C2Nc3ccnc(C4C=NC=CC4)c3C2C1. The van der Waals surface area contributed by atoms with Crippen molar-refractivity contribution in [2.45, 2.75) is 38.5 Å². The topological polar surface area (TPSA) is 72.5 Å². The minimum atomic E-state index is 0.206. The van der Waals surface area contributed by atoms with Crippen molar-refractivity contribution in [1.29, 1.82) is 0 Å². The molecule has 4 heterocycles. The standard InChI is InChI=1S/C22H22N4O2/c1-12-20(13(2)28-26-12)16-9-18-15(10-19(16)27-3)21-17(25-18)6-8-24-22(21)14-5-4-7-23-11-14/h4,6-9,11,14-15,25H,5,10H2,1-3H3. The molecule has 0 saturated heterocycles. The van der Waals surface area contributed by atoms with Crippen molar-refractivity contribution in [2.75, 3.05) is 12.4 Å². The molecule has 2 aliphatic heterocycles. The highest BCUT2D eigenvalue weighted by atomic mass is 16.5. The van der Waals surface area contributed by atoms with Gasteiger partial charge >= 0.3 is 0 Å². The second kappa shape index (κ2) is 6.48. The lowest BCUT2D eigenvalue weighted by Crippen LogP contribution is -2.13. The number of rotatable bonds is 3. The molecule has 0 saturated carbocycles. The molecule has 0 aromatic carbocycles. The molecular weight excluding hydrogens is 352 g/mol. The first-order valence-corrected chi connectivity index (χ1v) is 9.53. The molecule has 3 aliphatic rings. The second-order valence-corrected chi connectivity index (χ2v) is 7.40. The number of hydrogen-bond acceptors (Lipinski definition) is 6. The summed E-state index contributed by atoms with van der Waals surface area (Å²) in [5.74, 6) is 2.17. The monoisotopic (exact) mass is 374 g/mol. The van der Waals surface area contributed by atoms with E-state index in [9.17, 15) is 0 Å². The molecule has 2 unspecified atom stereocenters. The van der Waals surface area contributed by atoms with Gasteiger partial charge in [-0.3, -0.25) is 9.98 Å². The van der Waals surface area contributed by atoms with Gasteiger partial charge in [-0.25, -0.2) is 0 Å². The van der Waals surface area contributed by atoms with Crippen LogP contribution in [-0.2, 0) is 4.74 Å². The van der Waals surface area contributed by atoms with Crippen molar-refractivity contribution in [2.24, 2.45) is 4.99 Å². The third kappa shape index (κ3) is 2.52. The number of allylic oxidation sites excluding steroid dienone is 5. The first-order valence-electron chi connectivity index (χ1n) is 9.53. The Morgan fingerprint density at radius 2 is 2.18 bits per heavy atom. The quantitative estimate of drug-likeness (QED) is 0.849. The normalized spacial score (nSPS) is 22.6. The Morgan fingerprint density at radius 1 is 1.29 bits per heavy atom. The zero-order valence-corrected chi connectivity index (χ0v) is 16.2. The van der Waals surface area contributed by atoms with Gasteiger partial charge in [-0.15, -0.1) is 0 Å². The summed E-state index contributed by atoms with van der Waals surface area (Å²) in [6.07, 6.45) is 11.7. The van der Waals surface area contributed by atoms with E-state index in [1.807, 2.05) is 32.5 Å². The summed E-state index contributed by atoms with van der Waals surface area (Å²) in [6.45, 7) is 3.90. The highest BCUT2D eigenvalue weighted by Gasteiger charge is 2.37. The number of aryl methyl sites for hydroxylation is 2. The lowest BCUT2D eigenvalue weighted by Gasteiger charge is -2.24. The molecule has 0 bridgehead atoms. The molecule has 1 aliphatic carbocycles. The van der Waals surface area contributed by atoms with E-state index in [1.54, 1.807) is 7.11 Å². The summed E-state index contributed by atoms with van der Waals surface area (Å²) in [6, 6.07) is 2.05. The number of aliphatic imine (C=N–C) groups is 1. The van der Waals surface area contributed by atoms with Gasteiger partial charge in [0.15, 0.2) is 0 Å². The molecule has 5 rings (SSSR count). The molecule has 28 heavy (non-hydrogen) atoms. The first kappa shape index (κ1) is 17.0. The predicted octanol–water partition coefficient (Wildman–Crippen LogP) is 4.61. The van der Waals surface area contributed by atoms with Crippen LogP contribution in [0.25, 0.3) is 5.57 Å². The highest BCUT2D eigenvalue weighted by Crippen LogP contribution is 2.50. The van der Waals surface area contributed by atoms with E-state index in [-0.39, 0.29) is 11.8 Å². The smallest absolute Gasteiger partial charge is 0.141 e. The fourth-order valence-electron chi connectivity index (χ4n) is 4.48. The summed E-state index contributed by atoms with van der Waals surface area (Å²) < 4.78 is 11.2. The average molecular weight is 374 g/mol. The molecule has 6 nitrogen and oxygen atoms in total. The lowest BCUT2D eigenvalue weighted by atomic mass is 9.83. The van der Waals surface area contributed by atoms with E-state index in [1.165, 1.54) is 11.3 Å². The number of fused-ring (bicyclic) bond motifs is 3. The van der Waals surface area contributed by atoms with Crippen molar-refractivity contribution in [3.63, 3.8) is 0 Å². The molecule has 0 fully saturated rings. The number of pyridine rings is 1. The minimum Gasteiger partial charge on any atom is -0.500 e. The Morgan fingerprint density at radius 3 is 2.89 bits per heavy atom. The average Bonchev–Trinajstić information content (AvgIpc) is 3.26. The zero-order chi connectivity index (χ0) is 19.3. The Bertz CT molecular complexity index is 1050. The van der Waals surface area contributed by atoms with Crippen molar-refractivity contribution in [3.05, 3.63) is 70.3 Å². The van der Waals surface area contributed by atoms with Crippen LogP contribution in [0.2, 0.25) is 0 Å². The van der Waals surface area contributed by atoms with Crippen LogP contribution in [0.5, 0.6) is 0 Å². The molecule has 2 aromatic rings. The number of nitrogens with one attached hydrogen (secondary N) is 1. The van der Waals surface area contributed by atoms with Gasteiger partial charge in [-0.1, -0.05) is 11.2 Å². The van der Waals surface area contributed by atoms with Crippen LogP contribution in [-0.4, -0.2) is 23.5 Å². The Kier molecular flexibility index (Phi) is 3.93. The number of nitrogens with zero attached hydrogens (tertiary/aromatic N) is 3. The fourth-order valence-corrected chi connectivity index (χ4v) is 4.48. The van der Waals surface area contributed by atoms with E-state index in [0.717, 1.165) is 52.6 Å². The molecule has 142 valence electrons. The summed E-state index contributed by atoms with van der Waals surface area (Å²) in [5, 5.41) is 7.72. The van der Waals surface area contributed by atoms with E-state index in [0.29, 0.717) is 0 Å². The van der Waals surface area contributed by atoms with E-state index in [4.69, 9.17) is 14.2 Å². The van der Waals surface area contributed by atoms with Gasteiger partial charge in [0.05, 0.1) is 24.1 Å². The second-order valence-electron chi connectivity index (χ2n) is 7.40. The maximum absolute atomic E-state index is 5.83. The van der Waals surface area contributed by atoms with Crippen molar-refractivity contribution in [3.8, 4) is 0 Å². The van der Waals surface area contributed by atoms with E-state index in [2.05, 4.69) is 33.7 Å². The Hall–Kier alpha value is -3.15. The third-order valence-electron chi connectivity index (χ3n) is 5.76. The van der Waals surface area contributed by atoms with Crippen LogP contribution >= 0.6 is 0 Å². The lowest BCUT2D eigenvalue weighted by molar-refractivity contribution is 0.274. The van der Waals surface area contributed by atoms with Crippen molar-refractivity contribution in [1.82, 2.24) is 10.1 Å². The number of aromatic nitrogens is 2. The maximum Gasteiger partial charge on any atom is 0.141 e. The summed E-state index contributed by atoms with van der Waals surface area (Å²) in [7, 11) is 1.73. The van der Waals surface area contributed by atoms with Crippen LogP contribution in [0.1, 0.15) is 53.0 Å². The molecule has 6 heteroatoms. The fraction of sp³-hybridized carbons (Fsp3) is 0.318. The number of anilines is 1. The first-order chi connectivity index (χ1) is 13.7. The van der Waals surface area contributed by atoms with Crippen LogP contribution in [0.3, 0.4) is 0 Å². The predicted molar refractivity (Wildman–Crippen MR) is 108 cm³/mol. The van der Waals surface area contributed by atoms with Crippen LogP contribution in [0.4, 0.5) is 5.69 Å². The van der Waals surface area contributed by atoms with Gasteiger partial charge in [0.1, 0.15) is 11.5 Å². The Balaban J connectivity index is 1.59. The van der Waals surface area contributed by atoms with Gasteiger partial charge in [0, 0.05) is 59.4 Å². The van der Waals surface area contributed by atoms with Crippen LogP contribution in [0, 0.1) is 13.8 Å².